The highest BCUT2D eigenvalue weighted by atomic mass is 32.2. The van der Waals surface area contributed by atoms with Crippen LogP contribution in [0.15, 0.2) is 109 Å². The number of fused-ring (bicyclic) bond motifs is 4. The van der Waals surface area contributed by atoms with Crippen molar-refractivity contribution in [2.75, 3.05) is 6.26 Å². The average molecular weight is 645 g/mol. The third kappa shape index (κ3) is 4.61. The predicted molar refractivity (Wildman–Crippen MR) is 174 cm³/mol. The van der Waals surface area contributed by atoms with Gasteiger partial charge in [0, 0.05) is 71.3 Å². The topological polar surface area (TPSA) is 102 Å². The van der Waals surface area contributed by atoms with Gasteiger partial charge >= 0.3 is 0 Å². The number of rotatable bonds is 5. The third-order valence-electron chi connectivity index (χ3n) is 7.91. The molecule has 0 spiro atoms. The Hall–Kier alpha value is -4.57. The highest BCUT2D eigenvalue weighted by Gasteiger charge is 2.36. The van der Waals surface area contributed by atoms with E-state index in [0.29, 0.717) is 42.5 Å². The van der Waals surface area contributed by atoms with Crippen molar-refractivity contribution >= 4 is 70.0 Å². The number of hydrogen-bond acceptors (Lipinski definition) is 9. The zero-order chi connectivity index (χ0) is 31.6. The Kier molecular flexibility index (Phi) is 7.19. The summed E-state index contributed by atoms with van der Waals surface area (Å²) in [5.41, 5.74) is 3.01. The van der Waals surface area contributed by atoms with Crippen molar-refractivity contribution in [2.24, 2.45) is 0 Å². The summed E-state index contributed by atoms with van der Waals surface area (Å²) in [4.78, 5) is 82.4. The molecule has 0 heterocycles. The van der Waals surface area contributed by atoms with Crippen molar-refractivity contribution in [2.45, 2.75) is 21.6 Å². The van der Waals surface area contributed by atoms with Crippen LogP contribution in [0.5, 0.6) is 0 Å². The van der Waals surface area contributed by atoms with Gasteiger partial charge in [-0.25, -0.2) is 0 Å². The standard InChI is InChI=1S/C36H20O6S3/c1-17-7-3-8-18-29(17)33(39)20-10-5-13-25(31(20)34(18)40)44-27-15-23(38)28(16-22(27)37)45-26-14-6-11-21-32(26)36(42)19-9-4-12-24(43-2)30(19)35(21)41/h3-16H,1-2H3. The minimum absolute atomic E-state index is 0.104. The monoisotopic (exact) mass is 644 g/mol. The van der Waals surface area contributed by atoms with Gasteiger partial charge in [-0.3, -0.25) is 28.8 Å². The van der Waals surface area contributed by atoms with E-state index in [1.54, 1.807) is 79.7 Å². The molecule has 0 atom stereocenters. The third-order valence-corrected chi connectivity index (χ3v) is 10.9. The number of carbonyl (C=O) groups excluding carboxylic acids is 6. The molecule has 3 aliphatic rings. The van der Waals surface area contributed by atoms with Crippen LogP contribution in [0.25, 0.3) is 0 Å². The van der Waals surface area contributed by atoms with E-state index in [9.17, 15) is 28.8 Å². The number of aryl methyl sites for hydroxylation is 1. The molecule has 0 aliphatic heterocycles. The molecule has 9 heteroatoms. The average Bonchev–Trinajstić information content (AvgIpc) is 3.04. The predicted octanol–water partition coefficient (Wildman–Crippen LogP) is 7.07. The molecule has 0 bridgehead atoms. The summed E-state index contributed by atoms with van der Waals surface area (Å²) in [5, 5.41) is 0. The molecular formula is C36H20O6S3. The summed E-state index contributed by atoms with van der Waals surface area (Å²) in [6.45, 7) is 1.78. The molecule has 45 heavy (non-hydrogen) atoms. The summed E-state index contributed by atoms with van der Waals surface area (Å²) in [7, 11) is 0. The summed E-state index contributed by atoms with van der Waals surface area (Å²) in [6, 6.07) is 20.1. The zero-order valence-corrected chi connectivity index (χ0v) is 26.2. The second kappa shape index (κ2) is 11.1. The molecule has 0 aromatic heterocycles. The van der Waals surface area contributed by atoms with Crippen LogP contribution in [0, 0.1) is 6.92 Å². The van der Waals surface area contributed by atoms with Crippen LogP contribution in [0.3, 0.4) is 0 Å². The van der Waals surface area contributed by atoms with Crippen LogP contribution in [-0.2, 0) is 9.59 Å². The lowest BCUT2D eigenvalue weighted by Crippen LogP contribution is -2.23. The van der Waals surface area contributed by atoms with Crippen molar-refractivity contribution in [1.82, 2.24) is 0 Å². The molecule has 0 unspecified atom stereocenters. The number of thioether (sulfide) groups is 3. The van der Waals surface area contributed by atoms with Crippen LogP contribution in [-0.4, -0.2) is 41.0 Å². The first kappa shape index (κ1) is 29.2. The molecule has 0 amide bonds. The lowest BCUT2D eigenvalue weighted by molar-refractivity contribution is -0.114. The minimum Gasteiger partial charge on any atom is -0.289 e. The molecular weight excluding hydrogens is 625 g/mol. The lowest BCUT2D eigenvalue weighted by atomic mass is 9.82. The highest BCUT2D eigenvalue weighted by molar-refractivity contribution is 8.05. The zero-order valence-electron chi connectivity index (χ0n) is 23.8. The fourth-order valence-electron chi connectivity index (χ4n) is 5.82. The summed E-state index contributed by atoms with van der Waals surface area (Å²) in [5.74, 6) is -2.05. The van der Waals surface area contributed by atoms with Gasteiger partial charge in [0.25, 0.3) is 0 Å². The van der Waals surface area contributed by atoms with Crippen LogP contribution in [0.1, 0.15) is 69.2 Å². The molecule has 218 valence electrons. The number of allylic oxidation sites excluding steroid dienone is 4. The molecule has 0 saturated carbocycles. The van der Waals surface area contributed by atoms with Crippen LogP contribution in [0.2, 0.25) is 0 Å². The molecule has 3 aliphatic carbocycles. The van der Waals surface area contributed by atoms with E-state index < -0.39 is 11.6 Å². The second-order valence-corrected chi connectivity index (χ2v) is 13.5. The first-order valence-corrected chi connectivity index (χ1v) is 16.6. The molecule has 0 N–H and O–H groups in total. The Bertz CT molecular complexity index is 2170. The highest BCUT2D eigenvalue weighted by Crippen LogP contribution is 2.43. The summed E-state index contributed by atoms with van der Waals surface area (Å²) >= 11 is 3.32. The van der Waals surface area contributed by atoms with Gasteiger partial charge in [-0.1, -0.05) is 78.1 Å². The van der Waals surface area contributed by atoms with E-state index in [0.717, 1.165) is 23.5 Å². The maximum Gasteiger partial charge on any atom is 0.195 e. The molecule has 4 aromatic rings. The lowest BCUT2D eigenvalue weighted by Gasteiger charge is -2.22. The SMILES string of the molecule is CSc1cccc2c1C(=O)c1cccc(SC3=CC(=O)C(Sc4cccc5c4C(=O)c4cccc(C)c4C5=O)=CC3=O)c1C2=O. The van der Waals surface area contributed by atoms with E-state index >= 15 is 0 Å². The first-order valence-electron chi connectivity index (χ1n) is 13.8. The molecule has 0 radical (unpaired) electrons. The van der Waals surface area contributed by atoms with Crippen LogP contribution >= 0.6 is 35.3 Å². The molecule has 7 rings (SSSR count). The van der Waals surface area contributed by atoms with Crippen LogP contribution < -0.4 is 0 Å². The van der Waals surface area contributed by atoms with Crippen molar-refractivity contribution in [3.8, 4) is 0 Å². The summed E-state index contributed by atoms with van der Waals surface area (Å²) in [6.07, 6.45) is 4.27. The van der Waals surface area contributed by atoms with E-state index in [1.165, 1.54) is 23.9 Å². The van der Waals surface area contributed by atoms with E-state index in [4.69, 9.17) is 0 Å². The smallest absolute Gasteiger partial charge is 0.195 e. The minimum atomic E-state index is -0.451. The van der Waals surface area contributed by atoms with Gasteiger partial charge in [0.2, 0.25) is 0 Å². The van der Waals surface area contributed by atoms with Gasteiger partial charge in [-0.2, -0.15) is 0 Å². The summed E-state index contributed by atoms with van der Waals surface area (Å²) < 4.78 is 0. The molecule has 6 nitrogen and oxygen atoms in total. The van der Waals surface area contributed by atoms with Gasteiger partial charge in [0.05, 0.1) is 9.81 Å². The maximum absolute atomic E-state index is 13.6. The Morgan fingerprint density at radius 1 is 0.444 bits per heavy atom. The van der Waals surface area contributed by atoms with Gasteiger partial charge in [0.15, 0.2) is 34.7 Å². The number of hydrogen-bond donors (Lipinski definition) is 0. The van der Waals surface area contributed by atoms with E-state index in [1.807, 2.05) is 6.26 Å². The Morgan fingerprint density at radius 2 is 0.800 bits per heavy atom. The quantitative estimate of drug-likeness (QED) is 0.144. The first-order chi connectivity index (χ1) is 21.7. The molecule has 4 aromatic carbocycles. The Labute approximate surface area is 270 Å². The Balaban J connectivity index is 1.18. The fourth-order valence-corrected chi connectivity index (χ4v) is 8.47. The van der Waals surface area contributed by atoms with Gasteiger partial charge in [-0.15, -0.1) is 11.8 Å². The number of benzene rings is 4. The van der Waals surface area contributed by atoms with Gasteiger partial charge in [0.1, 0.15) is 0 Å². The number of carbonyl (C=O) groups is 6. The van der Waals surface area contributed by atoms with Crippen molar-refractivity contribution in [3.63, 3.8) is 0 Å². The van der Waals surface area contributed by atoms with Gasteiger partial charge < -0.3 is 0 Å². The fraction of sp³-hybridized carbons (Fsp3) is 0.0556. The van der Waals surface area contributed by atoms with Crippen molar-refractivity contribution < 1.29 is 28.8 Å². The van der Waals surface area contributed by atoms with E-state index in [-0.39, 0.29) is 55.2 Å². The van der Waals surface area contributed by atoms with Gasteiger partial charge in [-0.05, 0) is 36.9 Å². The number of ketones is 6. The largest absolute Gasteiger partial charge is 0.289 e. The Morgan fingerprint density at radius 3 is 1.24 bits per heavy atom. The second-order valence-electron chi connectivity index (χ2n) is 10.5. The van der Waals surface area contributed by atoms with E-state index in [2.05, 4.69) is 0 Å². The molecule has 0 fully saturated rings. The van der Waals surface area contributed by atoms with Crippen molar-refractivity contribution in [3.05, 3.63) is 145 Å². The maximum atomic E-state index is 13.6. The normalized spacial score (nSPS) is 15.2. The van der Waals surface area contributed by atoms with Crippen LogP contribution in [0.4, 0.5) is 0 Å². The van der Waals surface area contributed by atoms with Crippen molar-refractivity contribution in [1.29, 1.82) is 0 Å². The molecule has 0 saturated heterocycles.